The van der Waals surface area contributed by atoms with Crippen LogP contribution in [0.4, 0.5) is 15.8 Å². The van der Waals surface area contributed by atoms with Gasteiger partial charge >= 0.3 is 0 Å². The molecule has 2 rings (SSSR count). The number of carbonyl (C=O) groups excluding carboxylic acids is 1. The van der Waals surface area contributed by atoms with Crippen LogP contribution in [0.25, 0.3) is 0 Å². The van der Waals surface area contributed by atoms with Crippen molar-refractivity contribution in [2.45, 2.75) is 6.92 Å². The third-order valence-corrected chi connectivity index (χ3v) is 2.69. The first-order valence-electron chi connectivity index (χ1n) is 6.20. The Kier molecular flexibility index (Phi) is 4.20. The monoisotopic (exact) mass is 274 g/mol. The van der Waals surface area contributed by atoms with Gasteiger partial charge in [-0.2, -0.15) is 0 Å². The molecule has 0 unspecified atom stereocenters. The van der Waals surface area contributed by atoms with Crippen LogP contribution in [0.3, 0.4) is 0 Å². The molecule has 0 aliphatic carbocycles. The molecule has 2 aromatic carbocycles. The lowest BCUT2D eigenvalue weighted by molar-refractivity contribution is 0.102. The minimum absolute atomic E-state index is 0.277. The van der Waals surface area contributed by atoms with E-state index in [1.807, 2.05) is 6.92 Å². The van der Waals surface area contributed by atoms with E-state index in [9.17, 15) is 9.18 Å². The van der Waals surface area contributed by atoms with Gasteiger partial charge in [0.15, 0.2) is 0 Å². The van der Waals surface area contributed by atoms with Gasteiger partial charge < -0.3 is 15.8 Å². The van der Waals surface area contributed by atoms with E-state index < -0.39 is 5.91 Å². The fraction of sp³-hybridized carbons (Fsp3) is 0.133. The van der Waals surface area contributed by atoms with Crippen molar-refractivity contribution in [2.24, 2.45) is 0 Å². The lowest BCUT2D eigenvalue weighted by Gasteiger charge is -2.12. The topological polar surface area (TPSA) is 64.3 Å². The van der Waals surface area contributed by atoms with E-state index in [-0.39, 0.29) is 11.4 Å². The number of ether oxygens (including phenoxy) is 1. The Morgan fingerprint density at radius 2 is 1.95 bits per heavy atom. The molecule has 3 N–H and O–H groups in total. The molecule has 0 saturated carbocycles. The minimum Gasteiger partial charge on any atom is -0.493 e. The van der Waals surface area contributed by atoms with Gasteiger partial charge in [0, 0.05) is 11.4 Å². The van der Waals surface area contributed by atoms with Gasteiger partial charge in [-0.3, -0.25) is 4.79 Å². The first kappa shape index (κ1) is 13.9. The normalized spacial score (nSPS) is 10.1. The molecule has 0 spiro atoms. The molecule has 0 heterocycles. The van der Waals surface area contributed by atoms with Crippen LogP contribution in [0.2, 0.25) is 0 Å². The second kappa shape index (κ2) is 6.06. The van der Waals surface area contributed by atoms with Crippen molar-refractivity contribution in [1.82, 2.24) is 0 Å². The Labute approximate surface area is 116 Å². The second-order valence-electron chi connectivity index (χ2n) is 4.11. The molecular weight excluding hydrogens is 259 g/mol. The van der Waals surface area contributed by atoms with Crippen molar-refractivity contribution in [3.8, 4) is 5.75 Å². The fourth-order valence-corrected chi connectivity index (χ4v) is 1.79. The van der Waals surface area contributed by atoms with E-state index in [1.54, 1.807) is 18.2 Å². The highest BCUT2D eigenvalue weighted by Crippen LogP contribution is 2.25. The summed E-state index contributed by atoms with van der Waals surface area (Å²) < 4.78 is 18.2. The number of anilines is 2. The van der Waals surface area contributed by atoms with E-state index >= 15 is 0 Å². The Bertz CT molecular complexity index is 612. The van der Waals surface area contributed by atoms with Crippen LogP contribution in [-0.2, 0) is 0 Å². The van der Waals surface area contributed by atoms with Crippen LogP contribution in [0.5, 0.6) is 5.75 Å². The van der Waals surface area contributed by atoms with E-state index in [2.05, 4.69) is 5.32 Å². The number of hydrogen-bond donors (Lipinski definition) is 2. The zero-order chi connectivity index (χ0) is 14.5. The maximum absolute atomic E-state index is 12.8. The average molecular weight is 274 g/mol. The Hall–Kier alpha value is -2.56. The van der Waals surface area contributed by atoms with Gasteiger partial charge in [-0.1, -0.05) is 6.07 Å². The van der Waals surface area contributed by atoms with E-state index in [1.165, 1.54) is 24.3 Å². The zero-order valence-corrected chi connectivity index (χ0v) is 11.0. The third-order valence-electron chi connectivity index (χ3n) is 2.69. The van der Waals surface area contributed by atoms with Crippen molar-refractivity contribution in [2.75, 3.05) is 17.7 Å². The van der Waals surface area contributed by atoms with Crippen molar-refractivity contribution in [1.29, 1.82) is 0 Å². The summed E-state index contributed by atoms with van der Waals surface area (Å²) in [5.41, 5.74) is 6.92. The van der Waals surface area contributed by atoms with Crippen molar-refractivity contribution in [3.05, 3.63) is 53.8 Å². The summed E-state index contributed by atoms with van der Waals surface area (Å²) in [7, 11) is 0. The van der Waals surface area contributed by atoms with Gasteiger partial charge in [0.1, 0.15) is 17.1 Å². The van der Waals surface area contributed by atoms with Gasteiger partial charge in [-0.15, -0.1) is 0 Å². The SMILES string of the molecule is CCOc1cccc(N)c1C(=O)Nc1ccc(F)cc1. The van der Waals surface area contributed by atoms with Gasteiger partial charge in [0.05, 0.1) is 6.61 Å². The smallest absolute Gasteiger partial charge is 0.261 e. The summed E-state index contributed by atoms with van der Waals surface area (Å²) >= 11 is 0. The minimum atomic E-state index is -0.391. The van der Waals surface area contributed by atoms with Crippen LogP contribution in [0, 0.1) is 5.82 Å². The summed E-state index contributed by atoms with van der Waals surface area (Å²) in [5, 5.41) is 2.66. The standard InChI is InChI=1S/C15H15FN2O2/c1-2-20-13-5-3-4-12(17)14(13)15(19)18-11-8-6-10(16)7-9-11/h3-9H,2,17H2,1H3,(H,18,19). The molecule has 4 nitrogen and oxygen atoms in total. The fourth-order valence-electron chi connectivity index (χ4n) is 1.79. The van der Waals surface area contributed by atoms with E-state index in [4.69, 9.17) is 10.5 Å². The molecule has 0 saturated heterocycles. The number of nitrogen functional groups attached to an aromatic ring is 1. The molecule has 104 valence electrons. The predicted molar refractivity (Wildman–Crippen MR) is 76.4 cm³/mol. The first-order chi connectivity index (χ1) is 9.61. The van der Waals surface area contributed by atoms with Crippen molar-refractivity contribution < 1.29 is 13.9 Å². The van der Waals surface area contributed by atoms with Crippen LogP contribution in [0.15, 0.2) is 42.5 Å². The highest BCUT2D eigenvalue weighted by atomic mass is 19.1. The molecule has 0 atom stereocenters. The largest absolute Gasteiger partial charge is 0.493 e. The Balaban J connectivity index is 2.26. The second-order valence-corrected chi connectivity index (χ2v) is 4.11. The maximum Gasteiger partial charge on any atom is 0.261 e. The molecule has 0 aliphatic rings. The molecular formula is C15H15FN2O2. The highest BCUT2D eigenvalue weighted by molar-refractivity contribution is 6.09. The van der Waals surface area contributed by atoms with Gasteiger partial charge in [0.2, 0.25) is 0 Å². The summed E-state index contributed by atoms with van der Waals surface area (Å²) in [6.45, 7) is 2.26. The summed E-state index contributed by atoms with van der Waals surface area (Å²) in [4.78, 5) is 12.3. The molecule has 0 bridgehead atoms. The zero-order valence-electron chi connectivity index (χ0n) is 11.0. The molecule has 2 aromatic rings. The lowest BCUT2D eigenvalue weighted by atomic mass is 10.1. The molecule has 0 aliphatic heterocycles. The Morgan fingerprint density at radius 3 is 2.60 bits per heavy atom. The van der Waals surface area contributed by atoms with E-state index in [0.29, 0.717) is 23.7 Å². The van der Waals surface area contributed by atoms with E-state index in [0.717, 1.165) is 0 Å². The van der Waals surface area contributed by atoms with Crippen LogP contribution < -0.4 is 15.8 Å². The van der Waals surface area contributed by atoms with Gasteiger partial charge in [-0.25, -0.2) is 4.39 Å². The van der Waals surface area contributed by atoms with Crippen molar-refractivity contribution >= 4 is 17.3 Å². The molecule has 1 amide bonds. The number of rotatable bonds is 4. The summed E-state index contributed by atoms with van der Waals surface area (Å²) in [6.07, 6.45) is 0. The number of benzene rings is 2. The number of nitrogens with one attached hydrogen (secondary N) is 1. The third kappa shape index (κ3) is 3.06. The molecule has 0 aromatic heterocycles. The number of amides is 1. The van der Waals surface area contributed by atoms with Gasteiger partial charge in [-0.05, 0) is 43.3 Å². The maximum atomic E-state index is 12.8. The van der Waals surface area contributed by atoms with Gasteiger partial charge in [0.25, 0.3) is 5.91 Å². The number of carbonyl (C=O) groups is 1. The molecule has 5 heteroatoms. The molecule has 0 fully saturated rings. The highest BCUT2D eigenvalue weighted by Gasteiger charge is 2.16. The Morgan fingerprint density at radius 1 is 1.25 bits per heavy atom. The molecule has 0 radical (unpaired) electrons. The molecule has 20 heavy (non-hydrogen) atoms. The number of hydrogen-bond acceptors (Lipinski definition) is 3. The number of nitrogens with two attached hydrogens (primary N) is 1. The van der Waals surface area contributed by atoms with Crippen molar-refractivity contribution in [3.63, 3.8) is 0 Å². The summed E-state index contributed by atoms with van der Waals surface area (Å²) in [5.74, 6) is -0.331. The average Bonchev–Trinajstić information content (AvgIpc) is 2.42. The predicted octanol–water partition coefficient (Wildman–Crippen LogP) is 3.06. The summed E-state index contributed by atoms with van der Waals surface area (Å²) in [6, 6.07) is 10.5. The quantitative estimate of drug-likeness (QED) is 0.842. The van der Waals surface area contributed by atoms with Crippen LogP contribution in [0.1, 0.15) is 17.3 Å². The lowest BCUT2D eigenvalue weighted by Crippen LogP contribution is -2.15. The van der Waals surface area contributed by atoms with Crippen LogP contribution in [-0.4, -0.2) is 12.5 Å². The first-order valence-corrected chi connectivity index (χ1v) is 6.20. The number of halogens is 1. The van der Waals surface area contributed by atoms with Crippen LogP contribution >= 0.6 is 0 Å².